The van der Waals surface area contributed by atoms with Crippen molar-refractivity contribution >= 4 is 79.6 Å². The van der Waals surface area contributed by atoms with Crippen molar-refractivity contribution in [2.75, 3.05) is 13.2 Å². The number of ether oxygens (including phenoxy) is 1. The number of rotatable bonds is 4. The van der Waals surface area contributed by atoms with E-state index in [0.29, 0.717) is 0 Å². The van der Waals surface area contributed by atoms with Crippen molar-refractivity contribution in [2.45, 2.75) is 5.01 Å². The number of halogens is 5. The summed E-state index contributed by atoms with van der Waals surface area (Å²) in [6.45, 7) is 0.284. The summed E-state index contributed by atoms with van der Waals surface area (Å²) in [7, 11) is 0. The van der Waals surface area contributed by atoms with Gasteiger partial charge < -0.3 is 9.84 Å². The van der Waals surface area contributed by atoms with E-state index in [-0.39, 0.29) is 18.2 Å². The first kappa shape index (κ1) is 15.6. The van der Waals surface area contributed by atoms with Gasteiger partial charge >= 0.3 is 0 Å². The first-order chi connectivity index (χ1) is 7.49. The number of aliphatic hydroxyl groups is 1. The zero-order valence-electron chi connectivity index (χ0n) is 7.81. The molecule has 1 aromatic carbocycles. The number of aliphatic hydroxyl groups excluding tert-OH is 1. The number of alkyl halides is 1. The number of benzene rings is 1. The Morgan fingerprint density at radius 2 is 1.75 bits per heavy atom. The maximum atomic E-state index is 8.70. The molecule has 0 amide bonds. The van der Waals surface area contributed by atoms with Crippen molar-refractivity contribution in [3.05, 3.63) is 29.5 Å². The van der Waals surface area contributed by atoms with Gasteiger partial charge in [0.2, 0.25) is 0 Å². The van der Waals surface area contributed by atoms with Gasteiger partial charge in [0.1, 0.15) is 5.01 Å². The number of hydrogen-bond donors (Lipinski definition) is 1. The summed E-state index contributed by atoms with van der Waals surface area (Å²) in [5.41, 5.74) is 0.940. The van der Waals surface area contributed by atoms with Crippen LogP contribution < -0.4 is 0 Å². The van der Waals surface area contributed by atoms with Crippen LogP contribution in [0.25, 0.3) is 0 Å². The Labute approximate surface area is 136 Å². The van der Waals surface area contributed by atoms with E-state index >= 15 is 0 Å². The second kappa shape index (κ2) is 7.21. The van der Waals surface area contributed by atoms with Gasteiger partial charge in [0.25, 0.3) is 0 Å². The van der Waals surface area contributed by atoms with Crippen LogP contribution in [0.4, 0.5) is 0 Å². The molecule has 0 spiro atoms. The molecule has 0 saturated heterocycles. The van der Waals surface area contributed by atoms with Crippen molar-refractivity contribution in [1.82, 2.24) is 0 Å². The molecule has 0 heterocycles. The molecule has 2 nitrogen and oxygen atoms in total. The third-order valence-corrected chi connectivity index (χ3v) is 7.18. The monoisotopic (exact) mass is 542 g/mol. The van der Waals surface area contributed by atoms with E-state index in [2.05, 4.69) is 79.6 Å². The highest BCUT2D eigenvalue weighted by atomic mass is 79.9. The van der Waals surface area contributed by atoms with E-state index in [1.165, 1.54) is 0 Å². The topological polar surface area (TPSA) is 29.5 Å². The fourth-order valence-corrected chi connectivity index (χ4v) is 4.11. The van der Waals surface area contributed by atoms with Gasteiger partial charge in [-0.25, -0.2) is 0 Å². The van der Waals surface area contributed by atoms with Crippen LogP contribution in [0.15, 0.2) is 24.0 Å². The summed E-state index contributed by atoms with van der Waals surface area (Å²) in [5, 5.41) is 8.43. The van der Waals surface area contributed by atoms with E-state index < -0.39 is 0 Å². The molecule has 16 heavy (non-hydrogen) atoms. The van der Waals surface area contributed by atoms with Crippen LogP contribution in [0, 0.1) is 0 Å². The minimum atomic E-state index is -0.269. The third-order valence-electron chi connectivity index (χ3n) is 1.73. The Bertz CT molecular complexity index is 383. The average Bonchev–Trinajstić information content (AvgIpc) is 2.28. The van der Waals surface area contributed by atoms with Gasteiger partial charge in [0, 0.05) is 23.5 Å². The standard InChI is InChI=1S/C9H7Br5O2/c10-5-3-4(9(14)16-2-1-15)6(11)8(13)7(5)12/h3,9,15H,1-2H2. The van der Waals surface area contributed by atoms with Gasteiger partial charge in [0.05, 0.1) is 13.2 Å². The van der Waals surface area contributed by atoms with Gasteiger partial charge in [-0.15, -0.1) is 0 Å². The Kier molecular flexibility index (Phi) is 7.03. The molecule has 7 heteroatoms. The average molecular weight is 547 g/mol. The van der Waals surface area contributed by atoms with Crippen molar-refractivity contribution < 1.29 is 9.84 Å². The lowest BCUT2D eigenvalue weighted by Gasteiger charge is -2.15. The summed E-state index contributed by atoms with van der Waals surface area (Å²) in [4.78, 5) is 0. The second-order valence-corrected chi connectivity index (χ2v) is 6.87. The maximum absolute atomic E-state index is 8.70. The van der Waals surface area contributed by atoms with Crippen molar-refractivity contribution in [3.8, 4) is 0 Å². The minimum absolute atomic E-state index is 0.00140. The highest BCUT2D eigenvalue weighted by molar-refractivity contribution is 9.15. The zero-order valence-corrected chi connectivity index (χ0v) is 15.7. The molecule has 1 aromatic rings. The van der Waals surface area contributed by atoms with Gasteiger partial charge in [-0.1, -0.05) is 15.9 Å². The van der Waals surface area contributed by atoms with Crippen LogP contribution in [0.5, 0.6) is 0 Å². The minimum Gasteiger partial charge on any atom is -0.394 e. The molecule has 0 aliphatic carbocycles. The van der Waals surface area contributed by atoms with Gasteiger partial charge in [-0.05, 0) is 69.8 Å². The van der Waals surface area contributed by atoms with E-state index in [1.807, 2.05) is 6.07 Å². The normalized spacial score (nSPS) is 12.9. The molecule has 1 unspecified atom stereocenters. The Morgan fingerprint density at radius 3 is 2.31 bits per heavy atom. The van der Waals surface area contributed by atoms with Crippen LogP contribution in [0.2, 0.25) is 0 Å². The lowest BCUT2D eigenvalue weighted by atomic mass is 10.2. The molecule has 0 saturated carbocycles. The molecular formula is C9H7Br5O2. The molecule has 0 aliphatic heterocycles. The van der Waals surface area contributed by atoms with Crippen molar-refractivity contribution in [1.29, 1.82) is 0 Å². The van der Waals surface area contributed by atoms with Crippen LogP contribution in [-0.4, -0.2) is 18.3 Å². The van der Waals surface area contributed by atoms with E-state index in [9.17, 15) is 0 Å². The fourth-order valence-electron chi connectivity index (χ4n) is 1.00. The zero-order chi connectivity index (χ0) is 12.3. The predicted octanol–water partition coefficient (Wildman–Crippen LogP) is 5.14. The lowest BCUT2D eigenvalue weighted by Crippen LogP contribution is -2.03. The Hall–Kier alpha value is 1.54. The van der Waals surface area contributed by atoms with Gasteiger partial charge in [-0.2, -0.15) is 0 Å². The summed E-state index contributed by atoms with van der Waals surface area (Å²) in [6, 6.07) is 1.94. The van der Waals surface area contributed by atoms with Crippen LogP contribution in [-0.2, 0) is 4.74 Å². The molecule has 1 atom stereocenters. The van der Waals surface area contributed by atoms with Gasteiger partial charge in [-0.3, -0.25) is 0 Å². The Balaban J connectivity index is 3.05. The molecular weight excluding hydrogens is 540 g/mol. The molecule has 0 bridgehead atoms. The number of hydrogen-bond acceptors (Lipinski definition) is 2. The first-order valence-corrected chi connectivity index (χ1v) is 8.27. The smallest absolute Gasteiger partial charge is 0.138 e. The molecule has 1 N–H and O–H groups in total. The highest BCUT2D eigenvalue weighted by Gasteiger charge is 2.17. The van der Waals surface area contributed by atoms with E-state index in [1.54, 1.807) is 0 Å². The summed E-state index contributed by atoms with van der Waals surface area (Å²) < 4.78 is 9.06. The highest BCUT2D eigenvalue weighted by Crippen LogP contribution is 2.43. The molecule has 0 aliphatic rings. The van der Waals surface area contributed by atoms with Crippen molar-refractivity contribution in [2.24, 2.45) is 0 Å². The SMILES string of the molecule is OCCOC(Br)c1cc(Br)c(Br)c(Br)c1Br. The largest absolute Gasteiger partial charge is 0.394 e. The van der Waals surface area contributed by atoms with Crippen molar-refractivity contribution in [3.63, 3.8) is 0 Å². The molecule has 0 aromatic heterocycles. The molecule has 90 valence electrons. The van der Waals surface area contributed by atoms with E-state index in [0.717, 1.165) is 23.5 Å². The van der Waals surface area contributed by atoms with Crippen LogP contribution >= 0.6 is 79.6 Å². The lowest BCUT2D eigenvalue weighted by molar-refractivity contribution is 0.0789. The Morgan fingerprint density at radius 1 is 1.12 bits per heavy atom. The summed E-state index contributed by atoms with van der Waals surface area (Å²) >= 11 is 17.3. The van der Waals surface area contributed by atoms with E-state index in [4.69, 9.17) is 9.84 Å². The molecule has 1 rings (SSSR count). The quantitative estimate of drug-likeness (QED) is 0.322. The fraction of sp³-hybridized carbons (Fsp3) is 0.333. The summed E-state index contributed by atoms with van der Waals surface area (Å²) in [6.07, 6.45) is 0. The van der Waals surface area contributed by atoms with Crippen LogP contribution in [0.3, 0.4) is 0 Å². The molecule has 0 radical (unpaired) electrons. The van der Waals surface area contributed by atoms with Gasteiger partial charge in [0.15, 0.2) is 0 Å². The first-order valence-electron chi connectivity index (χ1n) is 4.18. The van der Waals surface area contributed by atoms with Crippen LogP contribution in [0.1, 0.15) is 10.6 Å². The molecule has 0 fully saturated rings. The summed E-state index contributed by atoms with van der Waals surface area (Å²) in [5.74, 6) is 0. The predicted molar refractivity (Wildman–Crippen MR) is 81.9 cm³/mol. The second-order valence-electron chi connectivity index (χ2n) is 2.80. The third kappa shape index (κ3) is 3.76. The maximum Gasteiger partial charge on any atom is 0.138 e.